The van der Waals surface area contributed by atoms with Crippen LogP contribution in [0, 0.1) is 22.7 Å². The van der Waals surface area contributed by atoms with Crippen molar-refractivity contribution in [2.75, 3.05) is 0 Å². The first-order valence-corrected chi connectivity index (χ1v) is 9.56. The Bertz CT molecular complexity index is 1080. The predicted octanol–water partition coefficient (Wildman–Crippen LogP) is 5.08. The molecule has 0 aromatic heterocycles. The predicted molar refractivity (Wildman–Crippen MR) is 107 cm³/mol. The van der Waals surface area contributed by atoms with E-state index in [1.54, 1.807) is 42.5 Å². The maximum Gasteiger partial charge on any atom is 0.339 e. The molecule has 5 heteroatoms. The lowest BCUT2D eigenvalue weighted by Crippen LogP contribution is -2.07. The van der Waals surface area contributed by atoms with E-state index in [0.717, 1.165) is 10.5 Å². The average Bonchev–Trinajstić information content (AvgIpc) is 2.76. The molecule has 3 rings (SSSR count). The molecule has 0 N–H and O–H groups in total. The largest absolute Gasteiger partial charge is 0.457 e. The van der Waals surface area contributed by atoms with Crippen LogP contribution in [0.2, 0.25) is 0 Å². The molecule has 0 spiro atoms. The minimum Gasteiger partial charge on any atom is -0.457 e. The van der Waals surface area contributed by atoms with Crippen LogP contribution in [0.15, 0.2) is 77.7 Å². The summed E-state index contributed by atoms with van der Waals surface area (Å²) in [6, 6.07) is 26.0. The van der Waals surface area contributed by atoms with Gasteiger partial charge in [-0.3, -0.25) is 0 Å². The fraction of sp³-hybridized carbons (Fsp3) is 0.0870. The van der Waals surface area contributed by atoms with Crippen LogP contribution in [-0.2, 0) is 17.1 Å². The Morgan fingerprint density at radius 1 is 0.821 bits per heavy atom. The topological polar surface area (TPSA) is 73.9 Å². The Kier molecular flexibility index (Phi) is 6.46. The molecule has 0 bridgehead atoms. The smallest absolute Gasteiger partial charge is 0.339 e. The van der Waals surface area contributed by atoms with E-state index in [2.05, 4.69) is 12.1 Å². The number of rotatable bonds is 6. The van der Waals surface area contributed by atoms with Crippen LogP contribution >= 0.6 is 11.8 Å². The van der Waals surface area contributed by atoms with Gasteiger partial charge in [-0.1, -0.05) is 48.5 Å². The molecule has 4 nitrogen and oxygen atoms in total. The number of nitriles is 2. The van der Waals surface area contributed by atoms with Gasteiger partial charge in [0.05, 0.1) is 28.8 Å². The highest BCUT2D eigenvalue weighted by atomic mass is 32.2. The van der Waals surface area contributed by atoms with E-state index in [-0.39, 0.29) is 6.61 Å². The summed E-state index contributed by atoms with van der Waals surface area (Å²) in [5.74, 6) is 0.134. The van der Waals surface area contributed by atoms with Crippen molar-refractivity contribution >= 4 is 17.7 Å². The van der Waals surface area contributed by atoms with Gasteiger partial charge in [0.1, 0.15) is 6.61 Å². The SMILES string of the molecule is N#Cc1ccccc1COC(=O)c1ccccc1SCc1ccccc1C#N. The number of benzene rings is 3. The summed E-state index contributed by atoms with van der Waals surface area (Å²) >= 11 is 1.48. The maximum atomic E-state index is 12.6. The third-order valence-corrected chi connectivity index (χ3v) is 5.25. The third kappa shape index (κ3) is 4.59. The lowest BCUT2D eigenvalue weighted by molar-refractivity contribution is 0.0468. The van der Waals surface area contributed by atoms with Gasteiger partial charge in [-0.15, -0.1) is 11.8 Å². The summed E-state index contributed by atoms with van der Waals surface area (Å²) in [7, 11) is 0. The van der Waals surface area contributed by atoms with Gasteiger partial charge in [0.2, 0.25) is 0 Å². The molecule has 0 aliphatic rings. The number of carbonyl (C=O) groups excluding carboxylic acids is 1. The minimum atomic E-state index is -0.440. The van der Waals surface area contributed by atoms with Crippen LogP contribution in [0.1, 0.15) is 32.6 Å². The van der Waals surface area contributed by atoms with Crippen LogP contribution in [0.4, 0.5) is 0 Å². The van der Waals surface area contributed by atoms with Gasteiger partial charge in [0, 0.05) is 16.2 Å². The second-order valence-electron chi connectivity index (χ2n) is 5.90. The van der Waals surface area contributed by atoms with Gasteiger partial charge in [-0.05, 0) is 29.8 Å². The average molecular weight is 384 g/mol. The van der Waals surface area contributed by atoms with Crippen LogP contribution in [0.5, 0.6) is 0 Å². The second-order valence-corrected chi connectivity index (χ2v) is 6.92. The summed E-state index contributed by atoms with van der Waals surface area (Å²) in [6.45, 7) is 0.0405. The second kappa shape index (κ2) is 9.41. The Morgan fingerprint density at radius 3 is 2.11 bits per heavy atom. The van der Waals surface area contributed by atoms with E-state index in [0.29, 0.717) is 28.0 Å². The van der Waals surface area contributed by atoms with Crippen molar-refractivity contribution in [3.63, 3.8) is 0 Å². The summed E-state index contributed by atoms with van der Waals surface area (Å²) in [5.41, 5.74) is 3.18. The van der Waals surface area contributed by atoms with Gasteiger partial charge in [-0.25, -0.2) is 4.79 Å². The Balaban J connectivity index is 1.72. The standard InChI is InChI=1S/C23H16N2O2S/c24-13-17-7-1-3-9-19(17)15-27-23(26)21-11-5-6-12-22(21)28-16-20-10-4-2-8-18(20)14-25/h1-12H,15-16H2. The third-order valence-electron chi connectivity index (χ3n) is 4.12. The highest BCUT2D eigenvalue weighted by Gasteiger charge is 2.14. The zero-order valence-corrected chi connectivity index (χ0v) is 15.8. The molecule has 3 aromatic carbocycles. The minimum absolute atomic E-state index is 0.0405. The Labute approximate surface area is 168 Å². The molecule has 0 aliphatic carbocycles. The zero-order chi connectivity index (χ0) is 19.8. The molecular weight excluding hydrogens is 368 g/mol. The number of hydrogen-bond donors (Lipinski definition) is 0. The highest BCUT2D eigenvalue weighted by Crippen LogP contribution is 2.28. The molecule has 0 unspecified atom stereocenters. The maximum absolute atomic E-state index is 12.6. The number of nitrogens with zero attached hydrogens (tertiary/aromatic N) is 2. The first-order chi connectivity index (χ1) is 13.7. The number of carbonyl (C=O) groups is 1. The molecule has 28 heavy (non-hydrogen) atoms. The van der Waals surface area contributed by atoms with Crippen molar-refractivity contribution < 1.29 is 9.53 Å². The number of esters is 1. The summed E-state index contributed by atoms with van der Waals surface area (Å²) in [5, 5.41) is 18.4. The monoisotopic (exact) mass is 384 g/mol. The molecule has 0 amide bonds. The van der Waals surface area contributed by atoms with Crippen molar-refractivity contribution in [3.8, 4) is 12.1 Å². The lowest BCUT2D eigenvalue weighted by atomic mass is 10.1. The van der Waals surface area contributed by atoms with Gasteiger partial charge in [0.15, 0.2) is 0 Å². The first kappa shape index (κ1) is 19.2. The fourth-order valence-corrected chi connectivity index (χ4v) is 3.69. The highest BCUT2D eigenvalue weighted by molar-refractivity contribution is 7.98. The van der Waals surface area contributed by atoms with Crippen molar-refractivity contribution in [3.05, 3.63) is 101 Å². The molecule has 0 heterocycles. The molecule has 0 atom stereocenters. The molecule has 3 aromatic rings. The molecule has 0 fully saturated rings. The first-order valence-electron chi connectivity index (χ1n) is 8.58. The fourth-order valence-electron chi connectivity index (χ4n) is 2.65. The Hall–Kier alpha value is -3.54. The molecule has 0 saturated heterocycles. The van der Waals surface area contributed by atoms with Crippen LogP contribution in [0.25, 0.3) is 0 Å². The Morgan fingerprint density at radius 2 is 1.39 bits per heavy atom. The van der Waals surface area contributed by atoms with E-state index in [4.69, 9.17) is 10.00 Å². The van der Waals surface area contributed by atoms with Crippen LogP contribution < -0.4 is 0 Å². The van der Waals surface area contributed by atoms with Crippen molar-refractivity contribution in [2.24, 2.45) is 0 Å². The van der Waals surface area contributed by atoms with Crippen molar-refractivity contribution in [2.45, 2.75) is 17.3 Å². The lowest BCUT2D eigenvalue weighted by Gasteiger charge is -2.10. The quantitative estimate of drug-likeness (QED) is 0.438. The van der Waals surface area contributed by atoms with E-state index >= 15 is 0 Å². The summed E-state index contributed by atoms with van der Waals surface area (Å²) in [6.07, 6.45) is 0. The van der Waals surface area contributed by atoms with E-state index in [1.165, 1.54) is 11.8 Å². The van der Waals surface area contributed by atoms with Gasteiger partial charge in [-0.2, -0.15) is 10.5 Å². The normalized spacial score (nSPS) is 9.93. The van der Waals surface area contributed by atoms with Gasteiger partial charge >= 0.3 is 5.97 Å². The van der Waals surface area contributed by atoms with Gasteiger partial charge in [0.25, 0.3) is 0 Å². The molecule has 0 radical (unpaired) electrons. The van der Waals surface area contributed by atoms with Crippen molar-refractivity contribution in [1.82, 2.24) is 0 Å². The molecule has 136 valence electrons. The zero-order valence-electron chi connectivity index (χ0n) is 15.0. The molecule has 0 saturated carbocycles. The number of ether oxygens (including phenoxy) is 1. The number of hydrogen-bond acceptors (Lipinski definition) is 5. The molecular formula is C23H16N2O2S. The van der Waals surface area contributed by atoms with Crippen LogP contribution in [-0.4, -0.2) is 5.97 Å². The molecule has 0 aliphatic heterocycles. The summed E-state index contributed by atoms with van der Waals surface area (Å²) in [4.78, 5) is 13.4. The number of thioether (sulfide) groups is 1. The summed E-state index contributed by atoms with van der Waals surface area (Å²) < 4.78 is 5.44. The van der Waals surface area contributed by atoms with E-state index in [1.807, 2.05) is 30.3 Å². The van der Waals surface area contributed by atoms with E-state index in [9.17, 15) is 10.1 Å². The van der Waals surface area contributed by atoms with Crippen molar-refractivity contribution in [1.29, 1.82) is 10.5 Å². The van der Waals surface area contributed by atoms with Gasteiger partial charge < -0.3 is 4.74 Å². The van der Waals surface area contributed by atoms with E-state index < -0.39 is 5.97 Å². The van der Waals surface area contributed by atoms with Crippen LogP contribution in [0.3, 0.4) is 0 Å².